The quantitative estimate of drug-likeness (QED) is 0.343. The van der Waals surface area contributed by atoms with Gasteiger partial charge < -0.3 is 4.98 Å². The molecule has 0 spiro atoms. The van der Waals surface area contributed by atoms with Crippen molar-refractivity contribution in [3.63, 3.8) is 0 Å². The Morgan fingerprint density at radius 3 is 3.13 bits per heavy atom. The first kappa shape index (κ1) is 9.96. The second-order valence-electron chi connectivity index (χ2n) is 3.22. The predicted molar refractivity (Wildman–Crippen MR) is 63.3 cm³/mol. The van der Waals surface area contributed by atoms with Gasteiger partial charge in [-0.3, -0.25) is 0 Å². The Morgan fingerprint density at radius 1 is 1.47 bits per heavy atom. The predicted octanol–water partition coefficient (Wildman–Crippen LogP) is 3.31. The number of fused-ring (bicyclic) bond motifs is 1. The van der Waals surface area contributed by atoms with Crippen LogP contribution < -0.4 is 0 Å². The Labute approximate surface area is 92.3 Å². The first-order valence-corrected chi connectivity index (χ1v) is 5.06. The van der Waals surface area contributed by atoms with Crippen molar-refractivity contribution in [1.82, 2.24) is 4.98 Å². The molecule has 0 saturated heterocycles. The van der Waals surface area contributed by atoms with Crippen LogP contribution in [0, 0.1) is 0 Å². The molecule has 1 N–H and O–H groups in total. The number of hydrogen-bond acceptors (Lipinski definition) is 2. The Bertz CT molecular complexity index is 525. The first-order valence-electron chi connectivity index (χ1n) is 4.61. The van der Waals surface area contributed by atoms with Crippen LogP contribution in [0.15, 0.2) is 34.4 Å². The smallest absolute Gasteiger partial charge is 0.0498 e. The van der Waals surface area contributed by atoms with Gasteiger partial charge >= 0.3 is 0 Å². The number of thiol groups is 1. The van der Waals surface area contributed by atoms with Crippen molar-refractivity contribution in [3.05, 3.63) is 40.4 Å². The van der Waals surface area contributed by atoms with E-state index in [9.17, 15) is 0 Å². The topological polar surface area (TPSA) is 64.6 Å². The van der Waals surface area contributed by atoms with Crippen LogP contribution in [0.1, 0.15) is 5.56 Å². The number of nitrogens with one attached hydrogen (secondary N) is 1. The molecular weight excluding hydrogens is 208 g/mol. The Balaban J connectivity index is 2.38. The zero-order chi connectivity index (χ0) is 10.7. The van der Waals surface area contributed by atoms with E-state index in [0.29, 0.717) is 6.54 Å². The van der Waals surface area contributed by atoms with Crippen LogP contribution in [0.2, 0.25) is 0 Å². The Hall–Kier alpha value is -1.58. The monoisotopic (exact) mass is 218 g/mol. The second-order valence-corrected chi connectivity index (χ2v) is 3.70. The summed E-state index contributed by atoms with van der Waals surface area (Å²) in [5.74, 6) is 0. The molecule has 2 rings (SSSR count). The van der Waals surface area contributed by atoms with E-state index in [4.69, 9.17) is 5.53 Å². The molecule has 1 heterocycles. The lowest BCUT2D eigenvalue weighted by Crippen LogP contribution is -1.89. The molecule has 0 aliphatic heterocycles. The van der Waals surface area contributed by atoms with E-state index < -0.39 is 0 Å². The van der Waals surface area contributed by atoms with Gasteiger partial charge in [-0.25, -0.2) is 0 Å². The van der Waals surface area contributed by atoms with Crippen molar-refractivity contribution in [3.8, 4) is 0 Å². The molecule has 2 aromatic rings. The van der Waals surface area contributed by atoms with Gasteiger partial charge in [0.15, 0.2) is 0 Å². The zero-order valence-electron chi connectivity index (χ0n) is 8.01. The van der Waals surface area contributed by atoms with Crippen LogP contribution in [-0.2, 0) is 6.42 Å². The lowest BCUT2D eigenvalue weighted by molar-refractivity contribution is 0.961. The van der Waals surface area contributed by atoms with Gasteiger partial charge in [-0.15, -0.1) is 12.6 Å². The van der Waals surface area contributed by atoms with Crippen molar-refractivity contribution in [2.24, 2.45) is 5.11 Å². The lowest BCUT2D eigenvalue weighted by atomic mass is 10.1. The molecule has 4 nitrogen and oxygen atoms in total. The SMILES string of the molecule is [N-]=[N+]=NCCc1cccc2c(S)c[nH]c12. The van der Waals surface area contributed by atoms with E-state index in [2.05, 4.69) is 27.6 Å². The maximum atomic E-state index is 8.20. The number of aromatic nitrogens is 1. The van der Waals surface area contributed by atoms with E-state index in [1.807, 2.05) is 24.4 Å². The third kappa shape index (κ3) is 1.93. The fourth-order valence-corrected chi connectivity index (χ4v) is 1.88. The van der Waals surface area contributed by atoms with Crippen LogP contribution in [0.25, 0.3) is 21.3 Å². The molecule has 0 atom stereocenters. The molecule has 0 bridgehead atoms. The third-order valence-electron chi connectivity index (χ3n) is 2.32. The van der Waals surface area contributed by atoms with Gasteiger partial charge in [0.2, 0.25) is 0 Å². The number of para-hydroxylation sites is 1. The molecule has 0 unspecified atom stereocenters. The summed E-state index contributed by atoms with van der Waals surface area (Å²) in [6, 6.07) is 6.03. The molecule has 76 valence electrons. The van der Waals surface area contributed by atoms with Crippen molar-refractivity contribution >= 4 is 23.5 Å². The van der Waals surface area contributed by atoms with Crippen LogP contribution in [0.5, 0.6) is 0 Å². The second kappa shape index (κ2) is 4.29. The highest BCUT2D eigenvalue weighted by molar-refractivity contribution is 7.80. The number of aromatic amines is 1. The van der Waals surface area contributed by atoms with Crippen molar-refractivity contribution in [1.29, 1.82) is 0 Å². The molecular formula is C10H10N4S. The maximum absolute atomic E-state index is 8.20. The molecule has 5 heteroatoms. The molecule has 1 aromatic carbocycles. The molecule has 0 aliphatic rings. The summed E-state index contributed by atoms with van der Waals surface area (Å²) < 4.78 is 0. The summed E-state index contributed by atoms with van der Waals surface area (Å²) in [6.45, 7) is 0.483. The van der Waals surface area contributed by atoms with Gasteiger partial charge in [0.25, 0.3) is 0 Å². The summed E-state index contributed by atoms with van der Waals surface area (Å²) in [7, 11) is 0. The van der Waals surface area contributed by atoms with Crippen LogP contribution in [0.4, 0.5) is 0 Å². The normalized spacial score (nSPS) is 10.2. The summed E-state index contributed by atoms with van der Waals surface area (Å²) in [4.78, 5) is 6.85. The molecule has 0 aliphatic carbocycles. The molecule has 0 saturated carbocycles. The van der Waals surface area contributed by atoms with E-state index >= 15 is 0 Å². The first-order chi connectivity index (χ1) is 7.33. The summed E-state index contributed by atoms with van der Waals surface area (Å²) in [5.41, 5.74) is 10.4. The number of H-pyrrole nitrogens is 1. The summed E-state index contributed by atoms with van der Waals surface area (Å²) in [6.07, 6.45) is 2.61. The fourth-order valence-electron chi connectivity index (χ4n) is 1.63. The number of hydrogen-bond donors (Lipinski definition) is 2. The largest absolute Gasteiger partial charge is 0.360 e. The van der Waals surface area contributed by atoms with Gasteiger partial charge in [0.05, 0.1) is 0 Å². The molecule has 15 heavy (non-hydrogen) atoms. The van der Waals surface area contributed by atoms with Crippen molar-refractivity contribution < 1.29 is 0 Å². The van der Waals surface area contributed by atoms with Crippen LogP contribution in [-0.4, -0.2) is 11.5 Å². The zero-order valence-corrected chi connectivity index (χ0v) is 8.91. The van der Waals surface area contributed by atoms with Crippen molar-refractivity contribution in [2.75, 3.05) is 6.54 Å². The van der Waals surface area contributed by atoms with Gasteiger partial charge in [-0.2, -0.15) is 0 Å². The highest BCUT2D eigenvalue weighted by atomic mass is 32.1. The van der Waals surface area contributed by atoms with Gasteiger partial charge in [0, 0.05) is 33.5 Å². The number of nitrogens with zero attached hydrogens (tertiary/aromatic N) is 3. The van der Waals surface area contributed by atoms with E-state index in [-0.39, 0.29) is 0 Å². The summed E-state index contributed by atoms with van der Waals surface area (Å²) >= 11 is 4.34. The van der Waals surface area contributed by atoms with E-state index in [1.54, 1.807) is 0 Å². The molecule has 0 fully saturated rings. The lowest BCUT2D eigenvalue weighted by Gasteiger charge is -2.00. The minimum atomic E-state index is 0.483. The van der Waals surface area contributed by atoms with Crippen LogP contribution >= 0.6 is 12.6 Å². The average molecular weight is 218 g/mol. The minimum absolute atomic E-state index is 0.483. The van der Waals surface area contributed by atoms with Gasteiger partial charge in [0.1, 0.15) is 0 Å². The van der Waals surface area contributed by atoms with E-state index in [0.717, 1.165) is 27.8 Å². The average Bonchev–Trinajstić information content (AvgIpc) is 2.62. The number of azide groups is 1. The third-order valence-corrected chi connectivity index (χ3v) is 2.69. The van der Waals surface area contributed by atoms with Crippen molar-refractivity contribution in [2.45, 2.75) is 11.3 Å². The molecule has 0 radical (unpaired) electrons. The highest BCUT2D eigenvalue weighted by Crippen LogP contribution is 2.24. The maximum Gasteiger partial charge on any atom is 0.0498 e. The van der Waals surface area contributed by atoms with E-state index in [1.165, 1.54) is 0 Å². The molecule has 0 amide bonds. The number of benzene rings is 1. The molecule has 1 aromatic heterocycles. The van der Waals surface area contributed by atoms with Crippen LogP contribution in [0.3, 0.4) is 0 Å². The number of rotatable bonds is 3. The van der Waals surface area contributed by atoms with Gasteiger partial charge in [-0.05, 0) is 17.5 Å². The van der Waals surface area contributed by atoms with Gasteiger partial charge in [-0.1, -0.05) is 23.3 Å². The summed E-state index contributed by atoms with van der Waals surface area (Å²) in [5, 5.41) is 4.64. The Kier molecular flexibility index (Phi) is 2.85. The fraction of sp³-hybridized carbons (Fsp3) is 0.200. The standard InChI is InChI=1S/C10H10N4S/c11-14-13-5-4-7-2-1-3-8-9(15)6-12-10(7)8/h1-3,6,12,15H,4-5H2. The minimum Gasteiger partial charge on any atom is -0.360 e. The Morgan fingerprint density at radius 2 is 2.33 bits per heavy atom. The highest BCUT2D eigenvalue weighted by Gasteiger charge is 2.03.